The van der Waals surface area contributed by atoms with Gasteiger partial charge in [-0.05, 0) is 11.6 Å². The van der Waals surface area contributed by atoms with Gasteiger partial charge in [0.25, 0.3) is 5.56 Å². The van der Waals surface area contributed by atoms with Crippen molar-refractivity contribution in [2.24, 2.45) is 0 Å². The largest absolute Gasteiger partial charge is 0.304 e. The first kappa shape index (κ1) is 11.9. The zero-order valence-electron chi connectivity index (χ0n) is 9.12. The summed E-state index contributed by atoms with van der Waals surface area (Å²) in [6, 6.07) is 4.80. The van der Waals surface area contributed by atoms with E-state index in [-0.39, 0.29) is 12.1 Å². The van der Waals surface area contributed by atoms with Gasteiger partial charge in [-0.3, -0.25) is 19.5 Å². The summed E-state index contributed by atoms with van der Waals surface area (Å²) in [5, 5.41) is 10.4. The van der Waals surface area contributed by atoms with Crippen LogP contribution in [0.15, 0.2) is 41.6 Å². The van der Waals surface area contributed by atoms with E-state index >= 15 is 0 Å². The van der Waals surface area contributed by atoms with Gasteiger partial charge in [-0.25, -0.2) is 4.98 Å². The van der Waals surface area contributed by atoms with Gasteiger partial charge in [0.05, 0.1) is 17.8 Å². The lowest BCUT2D eigenvalue weighted by Gasteiger charge is -2.04. The van der Waals surface area contributed by atoms with Gasteiger partial charge >= 0.3 is 5.69 Å². The van der Waals surface area contributed by atoms with E-state index < -0.39 is 16.4 Å². The molecule has 2 rings (SSSR count). The maximum Gasteiger partial charge on any atom is 0.304 e. The summed E-state index contributed by atoms with van der Waals surface area (Å²) in [7, 11) is 0. The second kappa shape index (κ2) is 4.74. The molecule has 0 atom stereocenters. The molecule has 1 aromatic heterocycles. The van der Waals surface area contributed by atoms with Gasteiger partial charge in [-0.1, -0.05) is 6.07 Å². The van der Waals surface area contributed by atoms with Crippen LogP contribution in [-0.2, 0) is 6.54 Å². The Balaban J connectivity index is 2.31. The minimum atomic E-state index is -0.922. The average molecular weight is 249 g/mol. The zero-order valence-corrected chi connectivity index (χ0v) is 9.12. The molecule has 0 unspecified atom stereocenters. The minimum Gasteiger partial charge on any atom is -0.295 e. The summed E-state index contributed by atoms with van der Waals surface area (Å²) in [5.41, 5.74) is -0.408. The van der Waals surface area contributed by atoms with Crippen LogP contribution in [0.4, 0.5) is 10.1 Å². The van der Waals surface area contributed by atoms with Gasteiger partial charge in [-0.2, -0.15) is 4.39 Å². The Morgan fingerprint density at radius 1 is 1.39 bits per heavy atom. The lowest BCUT2D eigenvalue weighted by molar-refractivity contribution is -0.387. The third kappa shape index (κ3) is 2.40. The summed E-state index contributed by atoms with van der Waals surface area (Å²) in [4.78, 5) is 24.8. The molecule has 1 aromatic carbocycles. The van der Waals surface area contributed by atoms with Gasteiger partial charge in [0.15, 0.2) is 0 Å². The van der Waals surface area contributed by atoms with E-state index in [0.717, 1.165) is 12.1 Å². The number of benzene rings is 1. The number of nitro groups is 1. The van der Waals surface area contributed by atoms with Crippen molar-refractivity contribution < 1.29 is 9.31 Å². The maximum absolute atomic E-state index is 13.4. The normalized spacial score (nSPS) is 10.3. The van der Waals surface area contributed by atoms with E-state index in [2.05, 4.69) is 4.98 Å². The molecular weight excluding hydrogens is 241 g/mol. The summed E-state index contributed by atoms with van der Waals surface area (Å²) >= 11 is 0. The topological polar surface area (TPSA) is 78.0 Å². The number of hydrogen-bond donors (Lipinski definition) is 0. The first-order chi connectivity index (χ1) is 8.58. The summed E-state index contributed by atoms with van der Waals surface area (Å²) < 4.78 is 14.6. The smallest absolute Gasteiger partial charge is 0.295 e. The van der Waals surface area contributed by atoms with Crippen LogP contribution in [0.5, 0.6) is 0 Å². The average Bonchev–Trinajstić information content (AvgIpc) is 2.32. The Morgan fingerprint density at radius 3 is 2.78 bits per heavy atom. The molecule has 0 aliphatic carbocycles. The molecule has 0 saturated carbocycles. The Hall–Kier alpha value is -2.57. The van der Waals surface area contributed by atoms with Crippen LogP contribution in [-0.4, -0.2) is 14.5 Å². The highest BCUT2D eigenvalue weighted by Crippen LogP contribution is 2.18. The minimum absolute atomic E-state index is 0.113. The van der Waals surface area contributed by atoms with Crippen LogP contribution in [0, 0.1) is 15.9 Å². The Bertz CT molecular complexity index is 654. The third-order valence-corrected chi connectivity index (χ3v) is 2.35. The van der Waals surface area contributed by atoms with Crippen molar-refractivity contribution in [2.45, 2.75) is 6.54 Å². The molecule has 0 aliphatic heterocycles. The summed E-state index contributed by atoms with van der Waals surface area (Å²) in [5.74, 6) is -0.922. The Morgan fingerprint density at radius 2 is 2.17 bits per heavy atom. The van der Waals surface area contributed by atoms with Crippen LogP contribution in [0.2, 0.25) is 0 Å². The van der Waals surface area contributed by atoms with Crippen molar-refractivity contribution in [3.8, 4) is 0 Å². The van der Waals surface area contributed by atoms with Crippen LogP contribution in [0.3, 0.4) is 0 Å². The second-order valence-electron chi connectivity index (χ2n) is 3.59. The summed E-state index contributed by atoms with van der Waals surface area (Å²) in [6.45, 7) is 0.113. The van der Waals surface area contributed by atoms with E-state index in [9.17, 15) is 19.3 Å². The molecule has 0 bridgehead atoms. The molecule has 0 N–H and O–H groups in total. The Kier molecular flexibility index (Phi) is 3.13. The molecule has 6 nitrogen and oxygen atoms in total. The van der Waals surface area contributed by atoms with Gasteiger partial charge in [0.1, 0.15) is 0 Å². The van der Waals surface area contributed by atoms with E-state index in [1.807, 2.05) is 0 Å². The number of nitrogens with zero attached hydrogens (tertiary/aromatic N) is 3. The number of halogens is 1. The van der Waals surface area contributed by atoms with E-state index in [0.29, 0.717) is 5.56 Å². The van der Waals surface area contributed by atoms with Crippen molar-refractivity contribution in [1.29, 1.82) is 0 Å². The maximum atomic E-state index is 13.4. The molecule has 0 saturated heterocycles. The molecule has 7 heteroatoms. The lowest BCUT2D eigenvalue weighted by Crippen LogP contribution is -2.19. The van der Waals surface area contributed by atoms with Gasteiger partial charge in [0, 0.05) is 18.3 Å². The molecule has 0 aliphatic rings. The predicted molar refractivity (Wildman–Crippen MR) is 60.7 cm³/mol. The fourth-order valence-electron chi connectivity index (χ4n) is 1.49. The van der Waals surface area contributed by atoms with E-state index in [1.165, 1.54) is 29.2 Å². The van der Waals surface area contributed by atoms with Gasteiger partial charge < -0.3 is 0 Å². The van der Waals surface area contributed by atoms with Crippen molar-refractivity contribution in [1.82, 2.24) is 9.55 Å². The summed E-state index contributed by atoms with van der Waals surface area (Å²) in [6.07, 6.45) is 2.68. The molecular formula is C11H8FN3O3. The van der Waals surface area contributed by atoms with Crippen LogP contribution in [0.25, 0.3) is 0 Å². The first-order valence-corrected chi connectivity index (χ1v) is 5.01. The van der Waals surface area contributed by atoms with Crippen LogP contribution < -0.4 is 5.56 Å². The molecule has 0 radical (unpaired) electrons. The fraction of sp³-hybridized carbons (Fsp3) is 0.0909. The van der Waals surface area contributed by atoms with Crippen molar-refractivity contribution in [3.05, 3.63) is 68.6 Å². The third-order valence-electron chi connectivity index (χ3n) is 2.35. The molecule has 0 amide bonds. The van der Waals surface area contributed by atoms with Crippen LogP contribution >= 0.6 is 0 Å². The molecule has 1 heterocycles. The highest BCUT2D eigenvalue weighted by Gasteiger charge is 2.13. The van der Waals surface area contributed by atoms with Crippen LogP contribution in [0.1, 0.15) is 5.56 Å². The van der Waals surface area contributed by atoms with E-state index in [1.54, 1.807) is 0 Å². The lowest BCUT2D eigenvalue weighted by atomic mass is 10.2. The number of hydrogen-bond acceptors (Lipinski definition) is 4. The molecule has 0 fully saturated rings. The van der Waals surface area contributed by atoms with E-state index in [4.69, 9.17) is 0 Å². The highest BCUT2D eigenvalue weighted by molar-refractivity contribution is 5.35. The monoisotopic (exact) mass is 249 g/mol. The van der Waals surface area contributed by atoms with Crippen molar-refractivity contribution in [2.75, 3.05) is 0 Å². The van der Waals surface area contributed by atoms with Crippen molar-refractivity contribution in [3.63, 3.8) is 0 Å². The van der Waals surface area contributed by atoms with Crippen molar-refractivity contribution >= 4 is 5.69 Å². The molecule has 0 spiro atoms. The standard InChI is InChI=1S/C11H8FN3O3/c12-9-5-8(1-2-10(9)15(17)18)6-14-7-13-4-3-11(14)16/h1-5,7H,6H2. The number of aromatic nitrogens is 2. The second-order valence-corrected chi connectivity index (χ2v) is 3.59. The first-order valence-electron chi connectivity index (χ1n) is 5.01. The quantitative estimate of drug-likeness (QED) is 0.607. The molecule has 92 valence electrons. The predicted octanol–water partition coefficient (Wildman–Crippen LogP) is 1.34. The molecule has 18 heavy (non-hydrogen) atoms. The zero-order chi connectivity index (χ0) is 13.1. The SMILES string of the molecule is O=c1ccncn1Cc1ccc([N+](=O)[O-])c(F)c1. The Labute approximate surface area is 100 Å². The number of nitro benzene ring substituents is 1. The number of rotatable bonds is 3. The molecule has 2 aromatic rings. The highest BCUT2D eigenvalue weighted by atomic mass is 19.1. The van der Waals surface area contributed by atoms with Gasteiger partial charge in [0.2, 0.25) is 5.82 Å². The van der Waals surface area contributed by atoms with Gasteiger partial charge in [-0.15, -0.1) is 0 Å². The fourth-order valence-corrected chi connectivity index (χ4v) is 1.49.